The number of carbonyl (C=O) groups is 1. The van der Waals surface area contributed by atoms with Crippen LogP contribution in [0.1, 0.15) is 30.4 Å². The Hall–Kier alpha value is -2.46. The molecule has 1 atom stereocenters. The molecule has 0 unspecified atom stereocenters. The topological polar surface area (TPSA) is 36.4 Å². The van der Waals surface area contributed by atoms with Crippen molar-refractivity contribution < 1.29 is 4.79 Å². The molecule has 1 aromatic heterocycles. The van der Waals surface area contributed by atoms with Gasteiger partial charge in [0.2, 0.25) is 5.91 Å². The Balaban J connectivity index is 1.31. The molecule has 2 aliphatic heterocycles. The van der Waals surface area contributed by atoms with Gasteiger partial charge in [-0.25, -0.2) is 0 Å². The van der Waals surface area contributed by atoms with E-state index in [0.29, 0.717) is 0 Å². The molecular weight excluding hydrogens is 346 g/mol. The molecule has 2 fully saturated rings. The molecule has 0 aliphatic carbocycles. The largest absolute Gasteiger partial charge is 0.339 e. The van der Waals surface area contributed by atoms with E-state index >= 15 is 0 Å². The van der Waals surface area contributed by atoms with Gasteiger partial charge in [-0.05, 0) is 55.5 Å². The molecule has 0 N–H and O–H groups in total. The number of nitrogens with zero attached hydrogens (tertiary/aromatic N) is 3. The van der Waals surface area contributed by atoms with E-state index in [9.17, 15) is 4.79 Å². The van der Waals surface area contributed by atoms with Crippen LogP contribution in [-0.4, -0.2) is 53.4 Å². The Morgan fingerprint density at radius 3 is 2.79 bits per heavy atom. The van der Waals surface area contributed by atoms with Crippen LogP contribution < -0.4 is 0 Å². The van der Waals surface area contributed by atoms with Gasteiger partial charge in [-0.1, -0.05) is 36.4 Å². The molecule has 1 aromatic carbocycles. The minimum atomic E-state index is 0.127. The van der Waals surface area contributed by atoms with Crippen LogP contribution in [0.15, 0.2) is 60.9 Å². The third-order valence-electron chi connectivity index (χ3n) is 6.15. The van der Waals surface area contributed by atoms with E-state index in [4.69, 9.17) is 0 Å². The zero-order valence-electron chi connectivity index (χ0n) is 16.5. The molecule has 0 radical (unpaired) electrons. The number of rotatable bonds is 5. The van der Waals surface area contributed by atoms with Crippen molar-refractivity contribution in [3.8, 4) is 0 Å². The number of pyridine rings is 1. The number of hydrogen-bond donors (Lipinski definition) is 0. The first-order valence-electron chi connectivity index (χ1n) is 10.4. The number of aromatic nitrogens is 1. The number of likely N-dealkylation sites (tertiary alicyclic amines) is 2. The molecule has 2 saturated heterocycles. The van der Waals surface area contributed by atoms with E-state index in [2.05, 4.69) is 40.2 Å². The monoisotopic (exact) mass is 375 g/mol. The lowest BCUT2D eigenvalue weighted by Gasteiger charge is -2.40. The summed E-state index contributed by atoms with van der Waals surface area (Å²) in [5.74, 6) is 0.127. The molecule has 28 heavy (non-hydrogen) atoms. The fraction of sp³-hybridized carbons (Fsp3) is 0.417. The maximum Gasteiger partial charge on any atom is 0.246 e. The van der Waals surface area contributed by atoms with Crippen LogP contribution in [0.25, 0.3) is 6.08 Å². The highest BCUT2D eigenvalue weighted by Gasteiger charge is 2.42. The number of piperidine rings is 1. The SMILES string of the molecule is O=C(/C=C/c1cccnc1)N1CC[C@]2(CCCN(CCc3ccccc3)C2)C1. The molecule has 2 aliphatic rings. The molecule has 1 spiro atoms. The molecule has 4 rings (SSSR count). The molecule has 0 bridgehead atoms. The Bertz CT molecular complexity index is 805. The van der Waals surface area contributed by atoms with Crippen LogP contribution in [-0.2, 0) is 11.2 Å². The van der Waals surface area contributed by atoms with E-state index in [0.717, 1.165) is 44.6 Å². The molecule has 1 amide bonds. The lowest BCUT2D eigenvalue weighted by molar-refractivity contribution is -0.125. The molecule has 146 valence electrons. The Morgan fingerprint density at radius 1 is 1.07 bits per heavy atom. The van der Waals surface area contributed by atoms with E-state index in [1.807, 2.05) is 23.1 Å². The van der Waals surface area contributed by atoms with Gasteiger partial charge >= 0.3 is 0 Å². The summed E-state index contributed by atoms with van der Waals surface area (Å²) >= 11 is 0. The second-order valence-electron chi connectivity index (χ2n) is 8.24. The second-order valence-corrected chi connectivity index (χ2v) is 8.24. The average molecular weight is 376 g/mol. The number of hydrogen-bond acceptors (Lipinski definition) is 3. The maximum absolute atomic E-state index is 12.6. The predicted octanol–water partition coefficient (Wildman–Crippen LogP) is 3.65. The minimum absolute atomic E-state index is 0.127. The molecule has 4 heteroatoms. The lowest BCUT2D eigenvalue weighted by atomic mass is 9.79. The fourth-order valence-electron chi connectivity index (χ4n) is 4.64. The van der Waals surface area contributed by atoms with Crippen molar-refractivity contribution in [3.05, 3.63) is 72.1 Å². The first kappa shape index (κ1) is 18.9. The van der Waals surface area contributed by atoms with Crippen molar-refractivity contribution in [2.75, 3.05) is 32.7 Å². The maximum atomic E-state index is 12.6. The molecular formula is C24H29N3O. The van der Waals surface area contributed by atoms with Crippen LogP contribution in [0.4, 0.5) is 0 Å². The summed E-state index contributed by atoms with van der Waals surface area (Å²) in [4.78, 5) is 21.4. The van der Waals surface area contributed by atoms with Gasteiger partial charge in [0.05, 0.1) is 0 Å². The summed E-state index contributed by atoms with van der Waals surface area (Å²) in [5.41, 5.74) is 2.66. The lowest BCUT2D eigenvalue weighted by Crippen LogP contribution is -2.45. The zero-order valence-corrected chi connectivity index (χ0v) is 16.5. The minimum Gasteiger partial charge on any atom is -0.339 e. The summed E-state index contributed by atoms with van der Waals surface area (Å²) in [6.45, 7) is 5.19. The summed E-state index contributed by atoms with van der Waals surface area (Å²) in [7, 11) is 0. The van der Waals surface area contributed by atoms with Crippen LogP contribution in [0, 0.1) is 5.41 Å². The first-order valence-corrected chi connectivity index (χ1v) is 10.4. The van der Waals surface area contributed by atoms with E-state index < -0.39 is 0 Å². The van der Waals surface area contributed by atoms with Gasteiger partial charge in [0.25, 0.3) is 0 Å². The predicted molar refractivity (Wildman–Crippen MR) is 113 cm³/mol. The van der Waals surface area contributed by atoms with Crippen molar-refractivity contribution in [1.29, 1.82) is 0 Å². The van der Waals surface area contributed by atoms with E-state index in [1.165, 1.54) is 24.9 Å². The average Bonchev–Trinajstić information content (AvgIpc) is 3.15. The zero-order chi connectivity index (χ0) is 19.2. The molecule has 2 aromatic rings. The van der Waals surface area contributed by atoms with Gasteiger partial charge in [0.15, 0.2) is 0 Å². The molecule has 0 saturated carbocycles. The number of carbonyl (C=O) groups excluding carboxylic acids is 1. The second kappa shape index (κ2) is 8.70. The van der Waals surface area contributed by atoms with Gasteiger partial charge < -0.3 is 9.80 Å². The Labute approximate surface area is 167 Å². The van der Waals surface area contributed by atoms with Gasteiger partial charge in [-0.2, -0.15) is 0 Å². The van der Waals surface area contributed by atoms with Gasteiger partial charge in [0, 0.05) is 50.1 Å². The Morgan fingerprint density at radius 2 is 1.96 bits per heavy atom. The van der Waals surface area contributed by atoms with Gasteiger partial charge in [-0.3, -0.25) is 9.78 Å². The van der Waals surface area contributed by atoms with Crippen LogP contribution in [0.2, 0.25) is 0 Å². The summed E-state index contributed by atoms with van der Waals surface area (Å²) in [6, 6.07) is 14.6. The summed E-state index contributed by atoms with van der Waals surface area (Å²) < 4.78 is 0. The fourth-order valence-corrected chi connectivity index (χ4v) is 4.64. The first-order chi connectivity index (χ1) is 13.7. The smallest absolute Gasteiger partial charge is 0.246 e. The van der Waals surface area contributed by atoms with Crippen LogP contribution in [0.3, 0.4) is 0 Å². The summed E-state index contributed by atoms with van der Waals surface area (Å²) in [6.07, 6.45) is 11.8. The number of benzene rings is 1. The normalized spacial score (nSPS) is 22.9. The van der Waals surface area contributed by atoms with E-state index in [-0.39, 0.29) is 11.3 Å². The standard InChI is InChI=1S/C24H29N3O/c28-23(10-9-22-8-4-14-25-18-22)27-17-13-24(20-27)12-5-15-26(19-24)16-11-21-6-2-1-3-7-21/h1-4,6-10,14,18H,5,11-13,15-17,19-20H2/b10-9+/t24-/m0/s1. The quantitative estimate of drug-likeness (QED) is 0.749. The molecule has 4 nitrogen and oxygen atoms in total. The van der Waals surface area contributed by atoms with Crippen molar-refractivity contribution in [2.45, 2.75) is 25.7 Å². The highest BCUT2D eigenvalue weighted by atomic mass is 16.2. The third kappa shape index (κ3) is 4.68. The van der Waals surface area contributed by atoms with Crippen molar-refractivity contribution in [3.63, 3.8) is 0 Å². The van der Waals surface area contributed by atoms with Crippen molar-refractivity contribution in [1.82, 2.24) is 14.8 Å². The van der Waals surface area contributed by atoms with Crippen LogP contribution >= 0.6 is 0 Å². The van der Waals surface area contributed by atoms with Crippen molar-refractivity contribution in [2.24, 2.45) is 5.41 Å². The number of amides is 1. The van der Waals surface area contributed by atoms with E-state index in [1.54, 1.807) is 18.5 Å². The van der Waals surface area contributed by atoms with Crippen molar-refractivity contribution >= 4 is 12.0 Å². The summed E-state index contributed by atoms with van der Waals surface area (Å²) in [5, 5.41) is 0. The van der Waals surface area contributed by atoms with Crippen LogP contribution in [0.5, 0.6) is 0 Å². The molecule has 3 heterocycles. The van der Waals surface area contributed by atoms with Gasteiger partial charge in [0.1, 0.15) is 0 Å². The third-order valence-corrected chi connectivity index (χ3v) is 6.15. The Kier molecular flexibility index (Phi) is 5.87. The van der Waals surface area contributed by atoms with Gasteiger partial charge in [-0.15, -0.1) is 0 Å². The highest BCUT2D eigenvalue weighted by Crippen LogP contribution is 2.39. The highest BCUT2D eigenvalue weighted by molar-refractivity contribution is 5.92.